The molecule has 0 aliphatic carbocycles. The molecule has 0 saturated heterocycles. The molecule has 3 N–H and O–H groups in total. The number of nitrogens with zero attached hydrogens (tertiary/aromatic N) is 3. The Kier molecular flexibility index (Phi) is 9.02. The van der Waals surface area contributed by atoms with E-state index in [0.717, 1.165) is 25.2 Å². The highest BCUT2D eigenvalue weighted by atomic mass is 16.5. The Balaban J connectivity index is 2.43. The van der Waals surface area contributed by atoms with Crippen molar-refractivity contribution in [1.29, 1.82) is 0 Å². The summed E-state index contributed by atoms with van der Waals surface area (Å²) in [6.07, 6.45) is 0.648. The number of nitrogen functional groups attached to an aromatic ring is 1. The number of hydrogen-bond donors (Lipinski definition) is 2. The number of anilines is 2. The maximum atomic E-state index is 13.3. The van der Waals surface area contributed by atoms with Crippen LogP contribution in [0.3, 0.4) is 0 Å². The number of nitrogens with one attached hydrogen (secondary N) is 1. The van der Waals surface area contributed by atoms with Crippen LogP contribution in [0, 0.1) is 0 Å². The normalized spacial score (nSPS) is 11.1. The molecule has 1 amide bonds. The Morgan fingerprint density at radius 2 is 1.77 bits per heavy atom. The van der Waals surface area contributed by atoms with Gasteiger partial charge >= 0.3 is 5.69 Å². The van der Waals surface area contributed by atoms with Gasteiger partial charge in [-0.05, 0) is 37.2 Å². The first-order valence-corrected chi connectivity index (χ1v) is 10.6. The predicted octanol–water partition coefficient (Wildman–Crippen LogP) is 1.66. The summed E-state index contributed by atoms with van der Waals surface area (Å²) < 4.78 is 6.40. The van der Waals surface area contributed by atoms with Crippen molar-refractivity contribution in [2.45, 2.75) is 40.3 Å². The third-order valence-corrected chi connectivity index (χ3v) is 5.20. The largest absolute Gasteiger partial charge is 0.383 e. The zero-order chi connectivity index (χ0) is 23.0. The Bertz CT molecular complexity index is 977. The molecule has 9 nitrogen and oxygen atoms in total. The Morgan fingerprint density at radius 1 is 1.13 bits per heavy atom. The van der Waals surface area contributed by atoms with Crippen LogP contribution >= 0.6 is 0 Å². The van der Waals surface area contributed by atoms with Crippen LogP contribution in [0.2, 0.25) is 0 Å². The number of aromatic nitrogens is 2. The summed E-state index contributed by atoms with van der Waals surface area (Å²) in [6.45, 7) is 9.44. The molecule has 1 aromatic carbocycles. The molecule has 0 saturated carbocycles. The summed E-state index contributed by atoms with van der Waals surface area (Å²) in [7, 11) is 1.51. The highest BCUT2D eigenvalue weighted by molar-refractivity contribution is 6.07. The first kappa shape index (κ1) is 24.4. The lowest BCUT2D eigenvalue weighted by atomic mass is 10.1. The van der Waals surface area contributed by atoms with E-state index >= 15 is 0 Å². The molecular formula is C22H33N5O4. The molecule has 170 valence electrons. The summed E-state index contributed by atoms with van der Waals surface area (Å²) in [5.41, 5.74) is 6.36. The Hall–Kier alpha value is -2.91. The smallest absolute Gasteiger partial charge is 0.330 e. The number of amides is 1. The second-order valence-electron chi connectivity index (χ2n) is 7.25. The molecule has 0 aliphatic rings. The standard InChI is InChI=1S/C22H33N5O4/c1-5-12-27-19(23)18(20(28)24-22(27)30)26(13-14-31-4)21(29)17-10-8-16(9-11-17)15-25(6-2)7-3/h8-11H,5-7,12-15,23H2,1-4H3,(H,24,28,30). The minimum Gasteiger partial charge on any atom is -0.383 e. The molecular weight excluding hydrogens is 398 g/mol. The molecule has 9 heteroatoms. The Morgan fingerprint density at radius 3 is 2.32 bits per heavy atom. The van der Waals surface area contributed by atoms with Gasteiger partial charge in [-0.25, -0.2) is 4.79 Å². The molecule has 0 radical (unpaired) electrons. The van der Waals surface area contributed by atoms with E-state index in [2.05, 4.69) is 23.7 Å². The van der Waals surface area contributed by atoms with Gasteiger partial charge in [-0.2, -0.15) is 0 Å². The van der Waals surface area contributed by atoms with E-state index in [9.17, 15) is 14.4 Å². The molecule has 0 bridgehead atoms. The van der Waals surface area contributed by atoms with Crippen LogP contribution < -0.4 is 21.9 Å². The summed E-state index contributed by atoms with van der Waals surface area (Å²) in [6, 6.07) is 7.30. The molecule has 31 heavy (non-hydrogen) atoms. The van der Waals surface area contributed by atoms with Crippen molar-refractivity contribution < 1.29 is 9.53 Å². The maximum absolute atomic E-state index is 13.3. The summed E-state index contributed by atoms with van der Waals surface area (Å²) >= 11 is 0. The fourth-order valence-corrected chi connectivity index (χ4v) is 3.40. The van der Waals surface area contributed by atoms with E-state index in [4.69, 9.17) is 10.5 Å². The molecule has 2 aromatic rings. The fraction of sp³-hybridized carbons (Fsp3) is 0.500. The van der Waals surface area contributed by atoms with Crippen LogP contribution in [0.4, 0.5) is 11.5 Å². The van der Waals surface area contributed by atoms with Crippen molar-refractivity contribution in [2.75, 3.05) is 44.0 Å². The van der Waals surface area contributed by atoms with E-state index < -0.39 is 11.2 Å². The van der Waals surface area contributed by atoms with Gasteiger partial charge in [0.25, 0.3) is 11.5 Å². The van der Waals surface area contributed by atoms with Gasteiger partial charge < -0.3 is 10.5 Å². The van der Waals surface area contributed by atoms with Crippen molar-refractivity contribution in [3.63, 3.8) is 0 Å². The number of carbonyl (C=O) groups excluding carboxylic acids is 1. The summed E-state index contributed by atoms with van der Waals surface area (Å²) in [5.74, 6) is -0.413. The van der Waals surface area contributed by atoms with Crippen molar-refractivity contribution in [2.24, 2.45) is 0 Å². The number of benzene rings is 1. The van der Waals surface area contributed by atoms with Gasteiger partial charge in [0.1, 0.15) is 5.82 Å². The topological polar surface area (TPSA) is 114 Å². The third-order valence-electron chi connectivity index (χ3n) is 5.20. The maximum Gasteiger partial charge on any atom is 0.330 e. The van der Waals surface area contributed by atoms with Crippen LogP contribution in [-0.2, 0) is 17.8 Å². The first-order chi connectivity index (χ1) is 14.9. The minimum atomic E-state index is -0.697. The van der Waals surface area contributed by atoms with Crippen LogP contribution in [0.5, 0.6) is 0 Å². The second kappa shape index (κ2) is 11.5. The summed E-state index contributed by atoms with van der Waals surface area (Å²) in [4.78, 5) is 43.9. The number of methoxy groups -OCH3 is 1. The SMILES string of the molecule is CCCn1c(N)c(N(CCOC)C(=O)c2ccc(CN(CC)CC)cc2)c(=O)[nH]c1=O. The predicted molar refractivity (Wildman–Crippen MR) is 123 cm³/mol. The zero-order valence-electron chi connectivity index (χ0n) is 18.8. The number of carbonyl (C=O) groups is 1. The number of aromatic amines is 1. The number of rotatable bonds is 11. The first-order valence-electron chi connectivity index (χ1n) is 10.6. The quantitative estimate of drug-likeness (QED) is 0.559. The number of H-pyrrole nitrogens is 1. The van der Waals surface area contributed by atoms with Crippen molar-refractivity contribution in [1.82, 2.24) is 14.5 Å². The number of ether oxygens (including phenoxy) is 1. The van der Waals surface area contributed by atoms with E-state index in [-0.39, 0.29) is 30.6 Å². The lowest BCUT2D eigenvalue weighted by Crippen LogP contribution is -2.42. The average Bonchev–Trinajstić information content (AvgIpc) is 2.77. The van der Waals surface area contributed by atoms with Gasteiger partial charge in [-0.15, -0.1) is 0 Å². The molecule has 0 atom stereocenters. The van der Waals surface area contributed by atoms with E-state index in [1.54, 1.807) is 12.1 Å². The second-order valence-corrected chi connectivity index (χ2v) is 7.25. The van der Waals surface area contributed by atoms with Gasteiger partial charge in [-0.3, -0.25) is 28.9 Å². The molecule has 0 unspecified atom stereocenters. The fourth-order valence-electron chi connectivity index (χ4n) is 3.40. The van der Waals surface area contributed by atoms with Crippen LogP contribution in [0.1, 0.15) is 43.1 Å². The van der Waals surface area contributed by atoms with Crippen molar-refractivity contribution in [3.05, 3.63) is 56.2 Å². The number of hydrogen-bond acceptors (Lipinski definition) is 6. The van der Waals surface area contributed by atoms with E-state index in [0.29, 0.717) is 18.5 Å². The van der Waals surface area contributed by atoms with Gasteiger partial charge in [-0.1, -0.05) is 32.9 Å². The highest BCUT2D eigenvalue weighted by Gasteiger charge is 2.25. The number of nitrogens with two attached hydrogens (primary N) is 1. The Labute approximate surface area is 182 Å². The van der Waals surface area contributed by atoms with Gasteiger partial charge in [0, 0.05) is 32.3 Å². The van der Waals surface area contributed by atoms with Crippen molar-refractivity contribution in [3.8, 4) is 0 Å². The molecule has 0 spiro atoms. The molecule has 2 rings (SSSR count). The van der Waals surface area contributed by atoms with Crippen LogP contribution in [-0.4, -0.2) is 53.7 Å². The van der Waals surface area contributed by atoms with E-state index in [1.165, 1.54) is 16.6 Å². The minimum absolute atomic E-state index is 0.0294. The van der Waals surface area contributed by atoms with Crippen molar-refractivity contribution >= 4 is 17.4 Å². The van der Waals surface area contributed by atoms with Crippen LogP contribution in [0.15, 0.2) is 33.9 Å². The van der Waals surface area contributed by atoms with Gasteiger partial charge in [0.15, 0.2) is 5.69 Å². The average molecular weight is 432 g/mol. The zero-order valence-corrected chi connectivity index (χ0v) is 18.8. The monoisotopic (exact) mass is 431 g/mol. The highest BCUT2D eigenvalue weighted by Crippen LogP contribution is 2.20. The third kappa shape index (κ3) is 5.83. The van der Waals surface area contributed by atoms with Gasteiger partial charge in [0.2, 0.25) is 0 Å². The lowest BCUT2D eigenvalue weighted by molar-refractivity contribution is 0.0975. The van der Waals surface area contributed by atoms with Crippen LogP contribution in [0.25, 0.3) is 0 Å². The lowest BCUT2D eigenvalue weighted by Gasteiger charge is -2.24. The molecule has 1 aromatic heterocycles. The van der Waals surface area contributed by atoms with E-state index in [1.807, 2.05) is 19.1 Å². The molecule has 1 heterocycles. The molecule has 0 aliphatic heterocycles. The summed E-state index contributed by atoms with van der Waals surface area (Å²) in [5, 5.41) is 0. The molecule has 0 fully saturated rings. The van der Waals surface area contributed by atoms with Gasteiger partial charge in [0.05, 0.1) is 6.61 Å².